The van der Waals surface area contributed by atoms with Crippen molar-refractivity contribution in [2.24, 2.45) is 5.73 Å². The molecule has 2 N–H and O–H groups in total. The van der Waals surface area contributed by atoms with Crippen LogP contribution in [0.1, 0.15) is 22.7 Å². The summed E-state index contributed by atoms with van der Waals surface area (Å²) >= 11 is 6.09. The Morgan fingerprint density at radius 3 is 2.81 bits per heavy atom. The second-order valence-corrected chi connectivity index (χ2v) is 5.56. The van der Waals surface area contributed by atoms with E-state index in [9.17, 15) is 8.78 Å². The first-order valence-corrected chi connectivity index (χ1v) is 7.07. The first kappa shape index (κ1) is 14.3. The molecule has 0 fully saturated rings. The molecule has 21 heavy (non-hydrogen) atoms. The fraction of sp³-hybridized carbons (Fsp3) is 0.250. The van der Waals surface area contributed by atoms with Gasteiger partial charge in [-0.15, -0.1) is 0 Å². The van der Waals surface area contributed by atoms with Crippen molar-refractivity contribution in [1.29, 1.82) is 0 Å². The van der Waals surface area contributed by atoms with Crippen molar-refractivity contribution >= 4 is 11.6 Å². The summed E-state index contributed by atoms with van der Waals surface area (Å²) in [4.78, 5) is 0. The van der Waals surface area contributed by atoms with E-state index in [1.807, 2.05) is 6.07 Å². The molecule has 1 aliphatic rings. The molecule has 3 rings (SSSR count). The molecule has 110 valence electrons. The molecule has 0 bridgehead atoms. The van der Waals surface area contributed by atoms with Crippen LogP contribution in [0.25, 0.3) is 0 Å². The van der Waals surface area contributed by atoms with E-state index in [1.165, 1.54) is 12.1 Å². The molecule has 2 nitrogen and oxygen atoms in total. The van der Waals surface area contributed by atoms with Crippen molar-refractivity contribution in [3.63, 3.8) is 0 Å². The van der Waals surface area contributed by atoms with Crippen molar-refractivity contribution in [1.82, 2.24) is 0 Å². The highest BCUT2D eigenvalue weighted by atomic mass is 35.5. The van der Waals surface area contributed by atoms with Gasteiger partial charge in [0.1, 0.15) is 17.4 Å². The SMILES string of the molecule is NC(Cc1cc(Cl)cc2c1OCC2)c1ccc(F)cc1F. The molecular weight excluding hydrogens is 296 g/mol. The van der Waals surface area contributed by atoms with E-state index in [1.54, 1.807) is 6.07 Å². The number of benzene rings is 2. The molecule has 0 radical (unpaired) electrons. The van der Waals surface area contributed by atoms with Crippen molar-refractivity contribution in [3.05, 3.63) is 63.7 Å². The number of hydrogen-bond donors (Lipinski definition) is 1. The Balaban J connectivity index is 1.90. The Morgan fingerprint density at radius 2 is 2.05 bits per heavy atom. The van der Waals surface area contributed by atoms with E-state index >= 15 is 0 Å². The number of ether oxygens (including phenoxy) is 1. The molecule has 1 heterocycles. The maximum Gasteiger partial charge on any atom is 0.130 e. The van der Waals surface area contributed by atoms with Gasteiger partial charge in [0.15, 0.2) is 0 Å². The molecule has 2 aromatic carbocycles. The zero-order chi connectivity index (χ0) is 15.0. The average Bonchev–Trinajstić information content (AvgIpc) is 2.86. The van der Waals surface area contributed by atoms with Gasteiger partial charge in [0.2, 0.25) is 0 Å². The highest BCUT2D eigenvalue weighted by Gasteiger charge is 2.21. The van der Waals surface area contributed by atoms with Gasteiger partial charge in [0, 0.05) is 29.1 Å². The summed E-state index contributed by atoms with van der Waals surface area (Å²) in [6.45, 7) is 0.614. The van der Waals surface area contributed by atoms with Gasteiger partial charge >= 0.3 is 0 Å². The van der Waals surface area contributed by atoms with Crippen LogP contribution >= 0.6 is 11.6 Å². The highest BCUT2D eigenvalue weighted by Crippen LogP contribution is 2.35. The summed E-state index contributed by atoms with van der Waals surface area (Å²) in [6, 6.07) is 6.49. The van der Waals surface area contributed by atoms with E-state index in [0.717, 1.165) is 29.4 Å². The molecule has 2 aromatic rings. The molecule has 0 aromatic heterocycles. The Bertz CT molecular complexity index is 690. The monoisotopic (exact) mass is 309 g/mol. The van der Waals surface area contributed by atoms with Crippen LogP contribution in [-0.2, 0) is 12.8 Å². The van der Waals surface area contributed by atoms with Crippen LogP contribution in [0.15, 0.2) is 30.3 Å². The lowest BCUT2D eigenvalue weighted by atomic mass is 9.97. The largest absolute Gasteiger partial charge is 0.493 e. The maximum absolute atomic E-state index is 13.8. The molecule has 0 amide bonds. The summed E-state index contributed by atoms with van der Waals surface area (Å²) in [5.74, 6) is -0.463. The smallest absolute Gasteiger partial charge is 0.130 e. The lowest BCUT2D eigenvalue weighted by molar-refractivity contribution is 0.352. The Hall–Kier alpha value is -1.65. The molecular formula is C16H14ClF2NO. The van der Waals surface area contributed by atoms with E-state index in [0.29, 0.717) is 18.1 Å². The van der Waals surface area contributed by atoms with Gasteiger partial charge in [0.25, 0.3) is 0 Å². The van der Waals surface area contributed by atoms with Gasteiger partial charge < -0.3 is 10.5 Å². The standard InChI is InChI=1S/C16H14ClF2NO/c17-11-5-9-3-4-21-16(9)10(6-11)7-15(20)13-2-1-12(18)8-14(13)19/h1-2,5-6,8,15H,3-4,7,20H2. The van der Waals surface area contributed by atoms with Crippen LogP contribution in [0.2, 0.25) is 5.02 Å². The van der Waals surface area contributed by atoms with Crippen molar-refractivity contribution < 1.29 is 13.5 Å². The number of rotatable bonds is 3. The van der Waals surface area contributed by atoms with Gasteiger partial charge in [0.05, 0.1) is 6.61 Å². The highest BCUT2D eigenvalue weighted by molar-refractivity contribution is 6.30. The van der Waals surface area contributed by atoms with Crippen molar-refractivity contribution in [2.45, 2.75) is 18.9 Å². The topological polar surface area (TPSA) is 35.2 Å². The normalized spacial score (nSPS) is 14.7. The molecule has 0 aliphatic carbocycles. The number of fused-ring (bicyclic) bond motifs is 1. The summed E-state index contributed by atoms with van der Waals surface area (Å²) in [7, 11) is 0. The summed E-state index contributed by atoms with van der Waals surface area (Å²) in [5, 5.41) is 0.612. The third-order valence-electron chi connectivity index (χ3n) is 3.63. The van der Waals surface area contributed by atoms with Crippen LogP contribution in [-0.4, -0.2) is 6.61 Å². The zero-order valence-electron chi connectivity index (χ0n) is 11.2. The molecule has 0 saturated carbocycles. The minimum Gasteiger partial charge on any atom is -0.493 e. The molecule has 5 heteroatoms. The number of nitrogens with two attached hydrogens (primary N) is 1. The minimum absolute atomic E-state index is 0.281. The van der Waals surface area contributed by atoms with Gasteiger partial charge in [-0.05, 0) is 35.7 Å². The van der Waals surface area contributed by atoms with Crippen LogP contribution in [0, 0.1) is 11.6 Å². The summed E-state index contributed by atoms with van der Waals surface area (Å²) < 4.78 is 32.3. The molecule has 1 unspecified atom stereocenters. The van der Waals surface area contributed by atoms with Gasteiger partial charge in [-0.25, -0.2) is 8.78 Å². The van der Waals surface area contributed by atoms with E-state index in [-0.39, 0.29) is 5.56 Å². The fourth-order valence-corrected chi connectivity index (χ4v) is 2.91. The lowest BCUT2D eigenvalue weighted by Crippen LogP contribution is -2.15. The van der Waals surface area contributed by atoms with E-state index < -0.39 is 17.7 Å². The fourth-order valence-electron chi connectivity index (χ4n) is 2.65. The van der Waals surface area contributed by atoms with E-state index in [4.69, 9.17) is 22.1 Å². The average molecular weight is 310 g/mol. The molecule has 0 spiro atoms. The Kier molecular flexibility index (Phi) is 3.83. The summed E-state index contributed by atoms with van der Waals surface area (Å²) in [6.07, 6.45) is 1.19. The second kappa shape index (κ2) is 5.62. The molecule has 1 atom stereocenters. The summed E-state index contributed by atoms with van der Waals surface area (Å²) in [5.41, 5.74) is 8.24. The van der Waals surface area contributed by atoms with Crippen molar-refractivity contribution in [3.8, 4) is 5.75 Å². The quantitative estimate of drug-likeness (QED) is 0.936. The third-order valence-corrected chi connectivity index (χ3v) is 3.85. The first-order chi connectivity index (χ1) is 10.0. The van der Waals surface area contributed by atoms with Crippen LogP contribution < -0.4 is 10.5 Å². The second-order valence-electron chi connectivity index (χ2n) is 5.13. The Morgan fingerprint density at radius 1 is 1.24 bits per heavy atom. The van der Waals surface area contributed by atoms with Gasteiger partial charge in [-0.3, -0.25) is 0 Å². The first-order valence-electron chi connectivity index (χ1n) is 6.69. The minimum atomic E-state index is -0.637. The Labute approximate surface area is 126 Å². The predicted molar refractivity (Wildman–Crippen MR) is 77.6 cm³/mol. The number of hydrogen-bond acceptors (Lipinski definition) is 2. The maximum atomic E-state index is 13.8. The van der Waals surface area contributed by atoms with Crippen molar-refractivity contribution in [2.75, 3.05) is 6.61 Å². The zero-order valence-corrected chi connectivity index (χ0v) is 12.0. The molecule has 1 aliphatic heterocycles. The third kappa shape index (κ3) is 2.87. The number of halogens is 3. The van der Waals surface area contributed by atoms with Gasteiger partial charge in [-0.1, -0.05) is 17.7 Å². The van der Waals surface area contributed by atoms with Crippen LogP contribution in [0.3, 0.4) is 0 Å². The van der Waals surface area contributed by atoms with Crippen LogP contribution in [0.4, 0.5) is 8.78 Å². The predicted octanol–water partition coefficient (Wildman–Crippen LogP) is 3.80. The van der Waals surface area contributed by atoms with Crippen LogP contribution in [0.5, 0.6) is 5.75 Å². The van der Waals surface area contributed by atoms with Gasteiger partial charge in [-0.2, -0.15) is 0 Å². The van der Waals surface area contributed by atoms with E-state index in [2.05, 4.69) is 0 Å². The lowest BCUT2D eigenvalue weighted by Gasteiger charge is -2.15. The molecule has 0 saturated heterocycles.